The normalized spacial score (nSPS) is 11.5. The number of esters is 2. The third-order valence-corrected chi connectivity index (χ3v) is 6.01. The molecule has 0 aliphatic rings. The number of H-pyrrole nitrogens is 2. The van der Waals surface area contributed by atoms with Gasteiger partial charge in [-0.05, 0) is 81.0 Å². The molecular formula is C28H34N4O4. The molecule has 36 heavy (non-hydrogen) atoms. The fourth-order valence-electron chi connectivity index (χ4n) is 4.19. The molecular weight excluding hydrogens is 456 g/mol. The summed E-state index contributed by atoms with van der Waals surface area (Å²) in [5.74, 6) is -0.726. The molecule has 0 radical (unpaired) electrons. The van der Waals surface area contributed by atoms with Gasteiger partial charge in [-0.1, -0.05) is 19.9 Å². The van der Waals surface area contributed by atoms with Crippen molar-refractivity contribution in [2.24, 2.45) is 9.98 Å². The minimum Gasteiger partial charge on any atom is -0.461 e. The first-order valence-corrected chi connectivity index (χ1v) is 12.3. The topological polar surface area (TPSA) is 109 Å². The lowest BCUT2D eigenvalue weighted by Gasteiger charge is -2.00. The molecule has 0 bridgehead atoms. The first-order valence-electron chi connectivity index (χ1n) is 12.3. The van der Waals surface area contributed by atoms with Gasteiger partial charge in [0.05, 0.1) is 48.4 Å². The van der Waals surface area contributed by atoms with Gasteiger partial charge < -0.3 is 19.4 Å². The van der Waals surface area contributed by atoms with E-state index in [1.807, 2.05) is 52.0 Å². The third kappa shape index (κ3) is 5.82. The molecule has 0 saturated carbocycles. The zero-order chi connectivity index (χ0) is 26.2. The highest BCUT2D eigenvalue weighted by Crippen LogP contribution is 2.24. The Hall–Kier alpha value is -3.94. The van der Waals surface area contributed by atoms with Crippen molar-refractivity contribution >= 4 is 35.7 Å². The van der Waals surface area contributed by atoms with Gasteiger partial charge in [0, 0.05) is 0 Å². The molecule has 1 aromatic carbocycles. The van der Waals surface area contributed by atoms with Gasteiger partial charge in [-0.15, -0.1) is 0 Å². The van der Waals surface area contributed by atoms with E-state index in [0.717, 1.165) is 57.9 Å². The van der Waals surface area contributed by atoms with Crippen molar-refractivity contribution in [3.63, 3.8) is 0 Å². The smallest absolute Gasteiger partial charge is 0.355 e. The Bertz CT molecular complexity index is 1200. The lowest BCUT2D eigenvalue weighted by Crippen LogP contribution is -2.06. The average Bonchev–Trinajstić information content (AvgIpc) is 3.37. The summed E-state index contributed by atoms with van der Waals surface area (Å²) in [5.41, 5.74) is 7.76. The van der Waals surface area contributed by atoms with Crippen LogP contribution in [0.15, 0.2) is 34.3 Å². The van der Waals surface area contributed by atoms with Crippen molar-refractivity contribution in [3.8, 4) is 0 Å². The van der Waals surface area contributed by atoms with Crippen LogP contribution >= 0.6 is 0 Å². The Morgan fingerprint density at radius 3 is 1.56 bits per heavy atom. The van der Waals surface area contributed by atoms with Crippen LogP contribution in [0, 0.1) is 13.8 Å². The van der Waals surface area contributed by atoms with Crippen LogP contribution in [-0.4, -0.2) is 47.5 Å². The Kier molecular flexibility index (Phi) is 9.00. The van der Waals surface area contributed by atoms with E-state index >= 15 is 0 Å². The number of aromatic amines is 2. The van der Waals surface area contributed by atoms with Crippen LogP contribution < -0.4 is 0 Å². The number of carbonyl (C=O) groups excluding carboxylic acids is 2. The number of hydrogen-bond donors (Lipinski definition) is 2. The van der Waals surface area contributed by atoms with Crippen LogP contribution in [0.3, 0.4) is 0 Å². The first kappa shape index (κ1) is 26.7. The summed E-state index contributed by atoms with van der Waals surface area (Å²) in [4.78, 5) is 40.0. The van der Waals surface area contributed by atoms with E-state index in [1.165, 1.54) is 0 Å². The van der Waals surface area contributed by atoms with E-state index in [4.69, 9.17) is 9.47 Å². The second-order valence-corrected chi connectivity index (χ2v) is 8.22. The first-order chi connectivity index (χ1) is 17.3. The fraction of sp³-hybridized carbons (Fsp3) is 0.357. The van der Waals surface area contributed by atoms with Gasteiger partial charge in [0.15, 0.2) is 0 Å². The number of rotatable bonds is 10. The Labute approximate surface area is 211 Å². The number of aliphatic imine (C=N–C) groups is 2. The van der Waals surface area contributed by atoms with Crippen LogP contribution in [0.1, 0.15) is 82.3 Å². The van der Waals surface area contributed by atoms with E-state index in [1.54, 1.807) is 26.3 Å². The van der Waals surface area contributed by atoms with Gasteiger partial charge in [-0.2, -0.15) is 0 Å². The van der Waals surface area contributed by atoms with Gasteiger partial charge >= 0.3 is 11.9 Å². The minimum atomic E-state index is -0.363. The standard InChI is InChI=1S/C28H34N4O4/c1-7-21-17(5)25(27(33)35-9-3)31-23(21)15-29-19-12-11-13-20(14-19)30-16-24-22(8-2)18(6)26(32-24)28(34)36-10-4/h11-16,31-32H,7-10H2,1-6H3. The van der Waals surface area contributed by atoms with Crippen molar-refractivity contribution in [1.82, 2.24) is 9.97 Å². The Balaban J connectivity index is 1.85. The number of nitrogens with zero attached hydrogens (tertiary/aromatic N) is 2. The maximum Gasteiger partial charge on any atom is 0.355 e. The average molecular weight is 491 g/mol. The Morgan fingerprint density at radius 1 is 0.778 bits per heavy atom. The Morgan fingerprint density at radius 2 is 1.19 bits per heavy atom. The van der Waals surface area contributed by atoms with Crippen LogP contribution in [-0.2, 0) is 22.3 Å². The molecule has 0 fully saturated rings. The third-order valence-electron chi connectivity index (χ3n) is 6.01. The van der Waals surface area contributed by atoms with Crippen LogP contribution in [0.4, 0.5) is 11.4 Å². The zero-order valence-corrected chi connectivity index (χ0v) is 21.8. The monoisotopic (exact) mass is 490 g/mol. The number of ether oxygens (including phenoxy) is 2. The fourth-order valence-corrected chi connectivity index (χ4v) is 4.19. The number of carbonyl (C=O) groups is 2. The highest BCUT2D eigenvalue weighted by atomic mass is 16.5. The molecule has 2 heterocycles. The lowest BCUT2D eigenvalue weighted by molar-refractivity contribution is 0.0510. The van der Waals surface area contributed by atoms with Crippen molar-refractivity contribution in [2.75, 3.05) is 13.2 Å². The van der Waals surface area contributed by atoms with Gasteiger partial charge in [-0.25, -0.2) is 9.59 Å². The molecule has 3 rings (SSSR count). The predicted octanol–water partition coefficient (Wildman–Crippen LogP) is 5.94. The van der Waals surface area contributed by atoms with E-state index in [9.17, 15) is 9.59 Å². The van der Waals surface area contributed by atoms with Gasteiger partial charge in [0.2, 0.25) is 0 Å². The molecule has 0 unspecified atom stereocenters. The molecule has 0 aliphatic heterocycles. The van der Waals surface area contributed by atoms with Crippen LogP contribution in [0.2, 0.25) is 0 Å². The van der Waals surface area contributed by atoms with E-state index < -0.39 is 0 Å². The largest absolute Gasteiger partial charge is 0.461 e. The molecule has 0 amide bonds. The van der Waals surface area contributed by atoms with Crippen LogP contribution in [0.5, 0.6) is 0 Å². The van der Waals surface area contributed by atoms with Crippen molar-refractivity contribution in [2.45, 2.75) is 54.4 Å². The summed E-state index contributed by atoms with van der Waals surface area (Å²) in [6.07, 6.45) is 4.98. The highest BCUT2D eigenvalue weighted by molar-refractivity contribution is 5.94. The molecule has 2 N–H and O–H groups in total. The lowest BCUT2D eigenvalue weighted by atomic mass is 10.1. The SMILES string of the molecule is CCOC(=O)c1[nH]c(C=Nc2cccc(N=Cc3[nH]c(C(=O)OCC)c(C)c3CC)c2)c(CC)c1C. The molecule has 8 nitrogen and oxygen atoms in total. The van der Waals surface area contributed by atoms with Gasteiger partial charge in [0.25, 0.3) is 0 Å². The zero-order valence-electron chi connectivity index (χ0n) is 21.8. The number of hydrogen-bond acceptors (Lipinski definition) is 6. The van der Waals surface area contributed by atoms with Gasteiger partial charge in [-0.3, -0.25) is 9.98 Å². The van der Waals surface area contributed by atoms with E-state index in [-0.39, 0.29) is 11.9 Å². The van der Waals surface area contributed by atoms with E-state index in [2.05, 4.69) is 20.0 Å². The maximum atomic E-state index is 12.3. The van der Waals surface area contributed by atoms with Crippen molar-refractivity contribution in [3.05, 3.63) is 69.3 Å². The summed E-state index contributed by atoms with van der Waals surface area (Å²) in [6, 6.07) is 7.53. The molecule has 0 spiro atoms. The number of benzene rings is 1. The quantitative estimate of drug-likeness (QED) is 0.271. The minimum absolute atomic E-state index is 0.321. The summed E-state index contributed by atoms with van der Waals surface area (Å²) in [6.45, 7) is 12.1. The molecule has 2 aromatic heterocycles. The maximum absolute atomic E-state index is 12.3. The number of nitrogens with one attached hydrogen (secondary N) is 2. The summed E-state index contributed by atoms with van der Waals surface area (Å²) < 4.78 is 10.3. The van der Waals surface area contributed by atoms with Crippen LogP contribution in [0.25, 0.3) is 0 Å². The number of aromatic nitrogens is 2. The summed E-state index contributed by atoms with van der Waals surface area (Å²) in [5, 5.41) is 0. The van der Waals surface area contributed by atoms with E-state index in [0.29, 0.717) is 24.6 Å². The van der Waals surface area contributed by atoms with Crippen molar-refractivity contribution in [1.29, 1.82) is 0 Å². The summed E-state index contributed by atoms with van der Waals surface area (Å²) >= 11 is 0. The molecule has 0 aliphatic carbocycles. The molecule has 3 aromatic rings. The molecule has 190 valence electrons. The molecule has 8 heteroatoms. The summed E-state index contributed by atoms with van der Waals surface area (Å²) in [7, 11) is 0. The highest BCUT2D eigenvalue weighted by Gasteiger charge is 2.19. The molecule has 0 saturated heterocycles. The predicted molar refractivity (Wildman–Crippen MR) is 143 cm³/mol. The van der Waals surface area contributed by atoms with Gasteiger partial charge in [0.1, 0.15) is 11.4 Å². The molecule has 0 atom stereocenters. The second-order valence-electron chi connectivity index (χ2n) is 8.22. The van der Waals surface area contributed by atoms with Crippen molar-refractivity contribution < 1.29 is 19.1 Å². The second kappa shape index (κ2) is 12.2.